The van der Waals surface area contributed by atoms with Gasteiger partial charge in [0.15, 0.2) is 0 Å². The number of carbonyl (C=O) groups excluding carboxylic acids is 1. The van der Waals surface area contributed by atoms with Crippen LogP contribution in [-0.2, 0) is 9.53 Å². The van der Waals surface area contributed by atoms with E-state index in [1.807, 2.05) is 55.5 Å². The van der Waals surface area contributed by atoms with Crippen molar-refractivity contribution in [3.05, 3.63) is 59.7 Å². The van der Waals surface area contributed by atoms with E-state index in [4.69, 9.17) is 15.2 Å². The summed E-state index contributed by atoms with van der Waals surface area (Å²) in [6, 6.07) is 15.0. The fraction of sp³-hybridized carbons (Fsp3) is 0.278. The van der Waals surface area contributed by atoms with Gasteiger partial charge >= 0.3 is 5.97 Å². The lowest BCUT2D eigenvalue weighted by atomic mass is 9.84. The van der Waals surface area contributed by atoms with Gasteiger partial charge in [-0.2, -0.15) is 0 Å². The van der Waals surface area contributed by atoms with Gasteiger partial charge in [0.25, 0.3) is 0 Å². The molecule has 0 saturated carbocycles. The molecule has 1 aliphatic heterocycles. The first-order valence-corrected chi connectivity index (χ1v) is 7.39. The first kappa shape index (κ1) is 14.6. The summed E-state index contributed by atoms with van der Waals surface area (Å²) in [5, 5.41) is 0. The number of benzene rings is 2. The van der Waals surface area contributed by atoms with Crippen molar-refractivity contribution >= 4 is 5.97 Å². The quantitative estimate of drug-likeness (QED) is 0.884. The van der Waals surface area contributed by atoms with E-state index in [2.05, 4.69) is 0 Å². The van der Waals surface area contributed by atoms with Gasteiger partial charge in [0.1, 0.15) is 23.6 Å². The highest BCUT2D eigenvalue weighted by atomic mass is 16.5. The molecule has 114 valence electrons. The second-order valence-electron chi connectivity index (χ2n) is 5.59. The van der Waals surface area contributed by atoms with Crippen LogP contribution >= 0.6 is 0 Å². The first-order chi connectivity index (χ1) is 10.6. The molecule has 3 rings (SSSR count). The first-order valence-electron chi connectivity index (χ1n) is 7.39. The molecule has 0 saturated heterocycles. The summed E-state index contributed by atoms with van der Waals surface area (Å²) < 4.78 is 11.5. The maximum Gasteiger partial charge on any atom is 0.322 e. The van der Waals surface area contributed by atoms with Gasteiger partial charge < -0.3 is 15.2 Å². The van der Waals surface area contributed by atoms with E-state index in [9.17, 15) is 4.79 Å². The van der Waals surface area contributed by atoms with E-state index < -0.39 is 12.0 Å². The standard InChI is InChI=1S/C18H19NO3/c1-11(19)18(20)21-12(2)17-13-7-3-5-9-15(13)22-16-10-6-4-8-14(16)17/h3-12,17H,19H2,1-2H3/t11-,12?/m0/s1. The summed E-state index contributed by atoms with van der Waals surface area (Å²) in [5.74, 6) is 1.14. The molecule has 0 bridgehead atoms. The van der Waals surface area contributed by atoms with Gasteiger partial charge in [-0.15, -0.1) is 0 Å². The Morgan fingerprint density at radius 2 is 1.55 bits per heavy atom. The molecule has 1 heterocycles. The van der Waals surface area contributed by atoms with E-state index in [0.717, 1.165) is 22.6 Å². The molecule has 0 amide bonds. The predicted molar refractivity (Wildman–Crippen MR) is 84.0 cm³/mol. The SMILES string of the molecule is CC(OC(=O)[C@H](C)N)C1c2ccccc2Oc2ccccc21. The van der Waals surface area contributed by atoms with Crippen molar-refractivity contribution in [2.24, 2.45) is 5.73 Å². The molecule has 0 radical (unpaired) electrons. The Morgan fingerprint density at radius 3 is 2.05 bits per heavy atom. The Balaban J connectivity index is 2.01. The summed E-state index contributed by atoms with van der Waals surface area (Å²) in [6.07, 6.45) is -0.329. The molecular weight excluding hydrogens is 278 g/mol. The summed E-state index contributed by atoms with van der Waals surface area (Å²) in [4.78, 5) is 11.8. The second kappa shape index (κ2) is 5.81. The van der Waals surface area contributed by atoms with E-state index in [1.165, 1.54) is 0 Å². The van der Waals surface area contributed by atoms with E-state index in [0.29, 0.717) is 0 Å². The Morgan fingerprint density at radius 1 is 1.05 bits per heavy atom. The minimum absolute atomic E-state index is 0.0659. The van der Waals surface area contributed by atoms with Crippen LogP contribution in [0.25, 0.3) is 0 Å². The van der Waals surface area contributed by atoms with Gasteiger partial charge in [0.05, 0.1) is 5.92 Å². The van der Waals surface area contributed by atoms with Gasteiger partial charge in [-0.1, -0.05) is 36.4 Å². The minimum Gasteiger partial charge on any atom is -0.461 e. The van der Waals surface area contributed by atoms with Crippen LogP contribution in [0.5, 0.6) is 11.5 Å². The van der Waals surface area contributed by atoms with Gasteiger partial charge in [0, 0.05) is 11.1 Å². The van der Waals surface area contributed by atoms with Crippen LogP contribution in [0.1, 0.15) is 30.9 Å². The van der Waals surface area contributed by atoms with Crippen LogP contribution < -0.4 is 10.5 Å². The third kappa shape index (κ3) is 2.57. The van der Waals surface area contributed by atoms with Crippen LogP contribution in [0.3, 0.4) is 0 Å². The fourth-order valence-corrected chi connectivity index (χ4v) is 2.81. The van der Waals surface area contributed by atoms with Gasteiger partial charge in [0.2, 0.25) is 0 Å². The highest BCUT2D eigenvalue weighted by Crippen LogP contribution is 2.45. The number of rotatable bonds is 3. The summed E-state index contributed by atoms with van der Waals surface area (Å²) in [7, 11) is 0. The van der Waals surface area contributed by atoms with Crippen molar-refractivity contribution in [1.29, 1.82) is 0 Å². The molecule has 22 heavy (non-hydrogen) atoms. The summed E-state index contributed by atoms with van der Waals surface area (Å²) >= 11 is 0. The molecule has 2 atom stereocenters. The molecule has 4 nitrogen and oxygen atoms in total. The molecule has 1 aliphatic rings. The molecule has 0 aromatic heterocycles. The van der Waals surface area contributed by atoms with E-state index in [-0.39, 0.29) is 12.0 Å². The van der Waals surface area contributed by atoms with Crippen molar-refractivity contribution < 1.29 is 14.3 Å². The van der Waals surface area contributed by atoms with Crippen molar-refractivity contribution in [1.82, 2.24) is 0 Å². The number of hydrogen-bond acceptors (Lipinski definition) is 4. The number of ether oxygens (including phenoxy) is 2. The molecule has 2 N–H and O–H groups in total. The van der Waals surface area contributed by atoms with Crippen LogP contribution in [0, 0.1) is 0 Å². The van der Waals surface area contributed by atoms with Crippen molar-refractivity contribution in [3.63, 3.8) is 0 Å². The lowest BCUT2D eigenvalue weighted by Gasteiger charge is -2.32. The zero-order chi connectivity index (χ0) is 15.7. The molecule has 4 heteroatoms. The van der Waals surface area contributed by atoms with Gasteiger partial charge in [-0.3, -0.25) is 4.79 Å². The second-order valence-corrected chi connectivity index (χ2v) is 5.59. The summed E-state index contributed by atoms with van der Waals surface area (Å²) in [6.45, 7) is 3.52. The lowest BCUT2D eigenvalue weighted by molar-refractivity contribution is -0.150. The van der Waals surface area contributed by atoms with E-state index in [1.54, 1.807) is 6.92 Å². The Kier molecular flexibility index (Phi) is 3.86. The van der Waals surface area contributed by atoms with Gasteiger partial charge in [-0.05, 0) is 26.0 Å². The average Bonchev–Trinajstić information content (AvgIpc) is 2.52. The van der Waals surface area contributed by atoms with Crippen LogP contribution in [0.4, 0.5) is 0 Å². The molecule has 2 aromatic rings. The monoisotopic (exact) mass is 297 g/mol. The molecular formula is C18H19NO3. The number of hydrogen-bond donors (Lipinski definition) is 1. The highest BCUT2D eigenvalue weighted by molar-refractivity contribution is 5.75. The number of carbonyl (C=O) groups is 1. The topological polar surface area (TPSA) is 61.5 Å². The van der Waals surface area contributed by atoms with E-state index >= 15 is 0 Å². The maximum atomic E-state index is 11.8. The fourth-order valence-electron chi connectivity index (χ4n) is 2.81. The molecule has 1 unspecified atom stereocenters. The Labute approximate surface area is 129 Å². The van der Waals surface area contributed by atoms with Crippen LogP contribution in [0.2, 0.25) is 0 Å². The highest BCUT2D eigenvalue weighted by Gasteiger charge is 2.33. The molecule has 0 spiro atoms. The molecule has 0 fully saturated rings. The largest absolute Gasteiger partial charge is 0.461 e. The maximum absolute atomic E-state index is 11.8. The zero-order valence-corrected chi connectivity index (χ0v) is 12.7. The summed E-state index contributed by atoms with van der Waals surface area (Å²) in [5.41, 5.74) is 7.64. The normalized spacial score (nSPS) is 16.0. The smallest absolute Gasteiger partial charge is 0.322 e. The molecule has 0 aliphatic carbocycles. The van der Waals surface area contributed by atoms with Crippen molar-refractivity contribution in [2.45, 2.75) is 31.9 Å². The number of esters is 1. The third-order valence-corrected chi connectivity index (χ3v) is 3.87. The van der Waals surface area contributed by atoms with Crippen LogP contribution in [0.15, 0.2) is 48.5 Å². The van der Waals surface area contributed by atoms with Crippen molar-refractivity contribution in [3.8, 4) is 11.5 Å². The predicted octanol–water partition coefficient (Wildman–Crippen LogP) is 3.20. The Bertz CT molecular complexity index is 651. The van der Waals surface area contributed by atoms with Crippen LogP contribution in [-0.4, -0.2) is 18.1 Å². The number of nitrogens with two attached hydrogens (primary N) is 1. The number of para-hydroxylation sites is 2. The number of fused-ring (bicyclic) bond motifs is 2. The lowest BCUT2D eigenvalue weighted by Crippen LogP contribution is -2.34. The zero-order valence-electron chi connectivity index (χ0n) is 12.7. The molecule has 2 aromatic carbocycles. The third-order valence-electron chi connectivity index (χ3n) is 3.87. The Hall–Kier alpha value is -2.33. The minimum atomic E-state index is -0.632. The van der Waals surface area contributed by atoms with Crippen molar-refractivity contribution in [2.75, 3.05) is 0 Å². The average molecular weight is 297 g/mol. The van der Waals surface area contributed by atoms with Gasteiger partial charge in [-0.25, -0.2) is 0 Å².